The van der Waals surface area contributed by atoms with E-state index < -0.39 is 0 Å². The zero-order valence-electron chi connectivity index (χ0n) is 20.1. The van der Waals surface area contributed by atoms with Crippen molar-refractivity contribution < 1.29 is 5.11 Å². The molecular weight excluding hydrogens is 352 g/mol. The monoisotopic (exact) mass is 398 g/mol. The van der Waals surface area contributed by atoms with Gasteiger partial charge in [-0.05, 0) is 97.9 Å². The second-order valence-electron chi connectivity index (χ2n) is 12.2. The third kappa shape index (κ3) is 3.43. The summed E-state index contributed by atoms with van der Waals surface area (Å²) in [5, 5.41) is 10.4. The number of fused-ring (bicyclic) bond motifs is 4. The van der Waals surface area contributed by atoms with Gasteiger partial charge in [0.2, 0.25) is 0 Å². The van der Waals surface area contributed by atoms with Gasteiger partial charge in [-0.2, -0.15) is 0 Å². The lowest BCUT2D eigenvalue weighted by Crippen LogP contribution is -2.44. The summed E-state index contributed by atoms with van der Waals surface area (Å²) in [4.78, 5) is 0. The van der Waals surface area contributed by atoms with E-state index in [1.54, 1.807) is 0 Å². The Morgan fingerprint density at radius 2 is 1.69 bits per heavy atom. The van der Waals surface area contributed by atoms with Crippen molar-refractivity contribution in [1.29, 1.82) is 0 Å². The summed E-state index contributed by atoms with van der Waals surface area (Å²) in [5.41, 5.74) is 5.91. The molecule has 0 bridgehead atoms. The summed E-state index contributed by atoms with van der Waals surface area (Å²) in [6, 6.07) is 0. The fourth-order valence-electron chi connectivity index (χ4n) is 8.55. The third-order valence-corrected chi connectivity index (χ3v) is 10.3. The maximum Gasteiger partial charge on any atom is 0.0915 e. The fraction of sp³-hybridized carbons (Fsp3) is 0.857. The van der Waals surface area contributed by atoms with Crippen LogP contribution in [0.3, 0.4) is 0 Å². The van der Waals surface area contributed by atoms with Gasteiger partial charge in [-0.25, -0.2) is 0 Å². The van der Waals surface area contributed by atoms with Gasteiger partial charge in [0.1, 0.15) is 0 Å². The number of aliphatic hydroxyl groups is 1. The average Bonchev–Trinajstić information content (AvgIpc) is 3.02. The molecule has 4 aliphatic carbocycles. The average molecular weight is 399 g/mol. The molecule has 29 heavy (non-hydrogen) atoms. The van der Waals surface area contributed by atoms with Gasteiger partial charge in [0, 0.05) is 6.42 Å². The number of aliphatic hydroxyl groups excluding tert-OH is 1. The van der Waals surface area contributed by atoms with Crippen molar-refractivity contribution in [3.8, 4) is 0 Å². The first-order chi connectivity index (χ1) is 13.7. The van der Waals surface area contributed by atoms with Crippen molar-refractivity contribution >= 4 is 0 Å². The number of hydrogen-bond acceptors (Lipinski definition) is 1. The molecule has 1 fully saturated rings. The van der Waals surface area contributed by atoms with E-state index in [9.17, 15) is 5.11 Å². The molecule has 1 nitrogen and oxygen atoms in total. The Morgan fingerprint density at radius 3 is 2.41 bits per heavy atom. The van der Waals surface area contributed by atoms with Gasteiger partial charge >= 0.3 is 0 Å². The summed E-state index contributed by atoms with van der Waals surface area (Å²) in [6.45, 7) is 14.7. The smallest absolute Gasteiger partial charge is 0.0915 e. The molecule has 1 heteroatoms. The highest BCUT2D eigenvalue weighted by atomic mass is 16.3. The lowest BCUT2D eigenvalue weighted by molar-refractivity contribution is 0.0777. The minimum absolute atomic E-state index is 0.326. The first kappa shape index (κ1) is 21.5. The maximum atomic E-state index is 10.4. The zero-order chi connectivity index (χ0) is 21.0. The van der Waals surface area contributed by atoms with E-state index in [4.69, 9.17) is 0 Å². The Kier molecular flexibility index (Phi) is 5.75. The third-order valence-electron chi connectivity index (χ3n) is 10.3. The van der Waals surface area contributed by atoms with Crippen LogP contribution in [-0.2, 0) is 0 Å². The van der Waals surface area contributed by atoms with Crippen LogP contribution in [0.25, 0.3) is 0 Å². The van der Waals surface area contributed by atoms with Gasteiger partial charge in [0.15, 0.2) is 0 Å². The molecule has 0 heterocycles. The molecule has 0 saturated heterocycles. The Morgan fingerprint density at radius 1 is 0.931 bits per heavy atom. The molecule has 4 aliphatic rings. The number of allylic oxidation sites excluding steroid dienone is 4. The lowest BCUT2D eigenvalue weighted by atomic mass is 9.50. The van der Waals surface area contributed by atoms with Crippen molar-refractivity contribution in [2.75, 3.05) is 0 Å². The highest BCUT2D eigenvalue weighted by molar-refractivity contribution is 5.38. The molecule has 1 saturated carbocycles. The number of hydrogen-bond donors (Lipinski definition) is 1. The molecule has 0 spiro atoms. The van der Waals surface area contributed by atoms with Crippen LogP contribution in [0.5, 0.6) is 0 Å². The minimum atomic E-state index is 0.326. The topological polar surface area (TPSA) is 20.2 Å². The minimum Gasteiger partial charge on any atom is -0.512 e. The van der Waals surface area contributed by atoms with E-state index in [2.05, 4.69) is 41.5 Å². The first-order valence-electron chi connectivity index (χ1n) is 12.8. The highest BCUT2D eigenvalue weighted by Gasteiger charge is 2.55. The summed E-state index contributed by atoms with van der Waals surface area (Å²) >= 11 is 0. The van der Waals surface area contributed by atoms with Crippen molar-refractivity contribution in [3.05, 3.63) is 22.5 Å². The van der Waals surface area contributed by atoms with Gasteiger partial charge < -0.3 is 5.11 Å². The molecule has 0 aromatic carbocycles. The Hall–Kier alpha value is -0.720. The molecular formula is C28H46O. The Balaban J connectivity index is 1.56. The molecule has 0 amide bonds. The maximum absolute atomic E-state index is 10.4. The quantitative estimate of drug-likeness (QED) is 0.459. The van der Waals surface area contributed by atoms with E-state index in [1.165, 1.54) is 63.4 Å². The lowest BCUT2D eigenvalue weighted by Gasteiger charge is -2.54. The van der Waals surface area contributed by atoms with Crippen LogP contribution in [0.1, 0.15) is 112 Å². The first-order valence-corrected chi connectivity index (χ1v) is 12.8. The van der Waals surface area contributed by atoms with Crippen LogP contribution >= 0.6 is 0 Å². The van der Waals surface area contributed by atoms with E-state index in [0.29, 0.717) is 22.5 Å². The van der Waals surface area contributed by atoms with E-state index in [1.807, 2.05) is 11.1 Å². The van der Waals surface area contributed by atoms with Crippen LogP contribution < -0.4 is 0 Å². The Labute approximate surface area is 180 Å². The van der Waals surface area contributed by atoms with Gasteiger partial charge in [-0.15, -0.1) is 0 Å². The van der Waals surface area contributed by atoms with E-state index in [-0.39, 0.29) is 0 Å². The summed E-state index contributed by atoms with van der Waals surface area (Å²) in [5.74, 6) is 4.80. The normalized spacial score (nSPS) is 40.7. The van der Waals surface area contributed by atoms with Crippen LogP contribution in [0, 0.1) is 40.4 Å². The molecule has 0 aromatic heterocycles. The molecule has 6 atom stereocenters. The van der Waals surface area contributed by atoms with Crippen LogP contribution in [-0.4, -0.2) is 5.11 Å². The summed E-state index contributed by atoms with van der Waals surface area (Å²) < 4.78 is 0. The second kappa shape index (κ2) is 7.76. The largest absolute Gasteiger partial charge is 0.512 e. The number of rotatable bonds is 5. The van der Waals surface area contributed by atoms with Crippen molar-refractivity contribution in [3.63, 3.8) is 0 Å². The second-order valence-corrected chi connectivity index (χ2v) is 12.2. The molecule has 0 radical (unpaired) electrons. The van der Waals surface area contributed by atoms with Gasteiger partial charge in [0.25, 0.3) is 0 Å². The summed E-state index contributed by atoms with van der Waals surface area (Å²) in [7, 11) is 0. The molecule has 164 valence electrons. The molecule has 0 aliphatic heterocycles. The van der Waals surface area contributed by atoms with E-state index in [0.717, 1.165) is 36.5 Å². The molecule has 6 unspecified atom stereocenters. The van der Waals surface area contributed by atoms with Crippen LogP contribution in [0.2, 0.25) is 0 Å². The van der Waals surface area contributed by atoms with Crippen molar-refractivity contribution in [2.24, 2.45) is 40.4 Å². The fourth-order valence-corrected chi connectivity index (χ4v) is 8.55. The predicted molar refractivity (Wildman–Crippen MR) is 124 cm³/mol. The summed E-state index contributed by atoms with van der Waals surface area (Å²) in [6.07, 6.45) is 14.5. The highest BCUT2D eigenvalue weighted by Crippen LogP contribution is 2.66. The Bertz CT molecular complexity index is 697. The van der Waals surface area contributed by atoms with Crippen molar-refractivity contribution in [2.45, 2.75) is 112 Å². The van der Waals surface area contributed by atoms with Gasteiger partial charge in [-0.3, -0.25) is 0 Å². The van der Waals surface area contributed by atoms with Crippen LogP contribution in [0.4, 0.5) is 0 Å². The SMILES string of the molecule is CC1=C(O)CCC2(C)C3=C(CCC12)C1CCC(C(C)CCCC(C)C)C1(C)CC3. The zero-order valence-corrected chi connectivity index (χ0v) is 20.1. The van der Waals surface area contributed by atoms with Crippen LogP contribution in [0.15, 0.2) is 22.5 Å². The van der Waals surface area contributed by atoms with Gasteiger partial charge in [0.05, 0.1) is 5.76 Å². The predicted octanol–water partition coefficient (Wildman–Crippen LogP) is 8.61. The molecule has 4 rings (SSSR count). The molecule has 0 aromatic rings. The molecule has 1 N–H and O–H groups in total. The standard InChI is InChI=1S/C28H46O/c1-18(2)8-7-9-19(3)22-12-13-24-21-10-11-23-20(4)26(29)15-17-28(23,6)25(21)14-16-27(22,24)5/h18-19,22-24,29H,7-17H2,1-6H3. The van der Waals surface area contributed by atoms with Crippen molar-refractivity contribution in [1.82, 2.24) is 0 Å². The van der Waals surface area contributed by atoms with Gasteiger partial charge in [-0.1, -0.05) is 65.0 Å². The van der Waals surface area contributed by atoms with E-state index >= 15 is 0 Å².